The van der Waals surface area contributed by atoms with Crippen molar-refractivity contribution in [3.05, 3.63) is 17.8 Å². The molecule has 1 aliphatic rings. The van der Waals surface area contributed by atoms with Crippen molar-refractivity contribution < 1.29 is 4.79 Å². The van der Waals surface area contributed by atoms with Gasteiger partial charge in [0.15, 0.2) is 0 Å². The fourth-order valence-electron chi connectivity index (χ4n) is 1.78. The molecule has 0 saturated heterocycles. The summed E-state index contributed by atoms with van der Waals surface area (Å²) in [6, 6.07) is 1.97. The first kappa shape index (κ1) is 11.9. The second-order valence-corrected chi connectivity index (χ2v) is 4.72. The summed E-state index contributed by atoms with van der Waals surface area (Å²) in [5.41, 5.74) is 1.81. The normalized spacial score (nSPS) is 14.5. The lowest BCUT2D eigenvalue weighted by atomic mass is 10.2. The number of anilines is 2. The molecule has 0 bridgehead atoms. The number of pyridine rings is 1. The van der Waals surface area contributed by atoms with Crippen LogP contribution in [0.1, 0.15) is 31.7 Å². The predicted octanol–water partition coefficient (Wildman–Crippen LogP) is 2.56. The van der Waals surface area contributed by atoms with Crippen molar-refractivity contribution in [2.45, 2.75) is 33.1 Å². The maximum absolute atomic E-state index is 10.9. The first-order valence-corrected chi connectivity index (χ1v) is 6.13. The van der Waals surface area contributed by atoms with Crippen LogP contribution in [-0.4, -0.2) is 17.4 Å². The highest BCUT2D eigenvalue weighted by Gasteiger charge is 2.20. The van der Waals surface area contributed by atoms with E-state index in [0.717, 1.165) is 29.5 Å². The van der Waals surface area contributed by atoms with E-state index in [1.165, 1.54) is 26.2 Å². The average molecular weight is 233 g/mol. The largest absolute Gasteiger partial charge is 0.370 e. The highest BCUT2D eigenvalue weighted by Crippen LogP contribution is 2.32. The Morgan fingerprint density at radius 1 is 1.53 bits per heavy atom. The lowest BCUT2D eigenvalue weighted by molar-refractivity contribution is -0.114. The summed E-state index contributed by atoms with van der Waals surface area (Å²) in [4.78, 5) is 15.2. The second kappa shape index (κ2) is 5.17. The zero-order chi connectivity index (χ0) is 12.3. The SMILES string of the molecule is CC(=O)Nc1cnc(NCCC2CC2)cc1C. The van der Waals surface area contributed by atoms with Gasteiger partial charge in [-0.1, -0.05) is 12.8 Å². The van der Waals surface area contributed by atoms with Crippen LogP contribution >= 0.6 is 0 Å². The minimum absolute atomic E-state index is 0.0654. The number of aromatic nitrogens is 1. The number of carbonyl (C=O) groups is 1. The van der Waals surface area contributed by atoms with Gasteiger partial charge in [-0.25, -0.2) is 4.98 Å². The fraction of sp³-hybridized carbons (Fsp3) is 0.538. The Kier molecular flexibility index (Phi) is 3.61. The summed E-state index contributed by atoms with van der Waals surface area (Å²) >= 11 is 0. The topological polar surface area (TPSA) is 54.0 Å². The van der Waals surface area contributed by atoms with Crippen molar-refractivity contribution in [3.63, 3.8) is 0 Å². The fourth-order valence-corrected chi connectivity index (χ4v) is 1.78. The average Bonchev–Trinajstić information content (AvgIpc) is 3.05. The van der Waals surface area contributed by atoms with Crippen LogP contribution in [0, 0.1) is 12.8 Å². The summed E-state index contributed by atoms with van der Waals surface area (Å²) in [5.74, 6) is 1.75. The van der Waals surface area contributed by atoms with E-state index in [9.17, 15) is 4.79 Å². The minimum Gasteiger partial charge on any atom is -0.370 e. The van der Waals surface area contributed by atoms with Crippen LogP contribution in [0.15, 0.2) is 12.3 Å². The summed E-state index contributed by atoms with van der Waals surface area (Å²) < 4.78 is 0. The number of rotatable bonds is 5. The first-order valence-electron chi connectivity index (χ1n) is 6.13. The highest BCUT2D eigenvalue weighted by atomic mass is 16.1. The van der Waals surface area contributed by atoms with Crippen LogP contribution in [0.5, 0.6) is 0 Å². The number of aryl methyl sites for hydroxylation is 1. The third kappa shape index (κ3) is 3.73. The number of amides is 1. The third-order valence-electron chi connectivity index (χ3n) is 2.98. The van der Waals surface area contributed by atoms with E-state index < -0.39 is 0 Å². The Hall–Kier alpha value is -1.58. The zero-order valence-corrected chi connectivity index (χ0v) is 10.4. The van der Waals surface area contributed by atoms with Crippen molar-refractivity contribution in [2.75, 3.05) is 17.2 Å². The van der Waals surface area contributed by atoms with E-state index in [0.29, 0.717) is 0 Å². The molecule has 0 atom stereocenters. The molecule has 1 amide bonds. The Balaban J connectivity index is 1.89. The highest BCUT2D eigenvalue weighted by molar-refractivity contribution is 5.89. The Morgan fingerprint density at radius 3 is 2.88 bits per heavy atom. The molecule has 2 rings (SSSR count). The van der Waals surface area contributed by atoms with Gasteiger partial charge in [0.1, 0.15) is 5.82 Å². The summed E-state index contributed by atoms with van der Waals surface area (Å²) in [5, 5.41) is 6.07. The summed E-state index contributed by atoms with van der Waals surface area (Å²) in [6.45, 7) is 4.46. The van der Waals surface area contributed by atoms with Crippen LogP contribution in [-0.2, 0) is 4.79 Å². The van der Waals surface area contributed by atoms with E-state index in [4.69, 9.17) is 0 Å². The molecular weight excluding hydrogens is 214 g/mol. The standard InChI is InChI=1S/C13H19N3O/c1-9-7-13(14-6-5-11-3-4-11)15-8-12(9)16-10(2)17/h7-8,11H,3-6H2,1-2H3,(H,14,15)(H,16,17). The molecule has 1 aromatic heterocycles. The van der Waals surface area contributed by atoms with Crippen LogP contribution in [0.4, 0.5) is 11.5 Å². The third-order valence-corrected chi connectivity index (χ3v) is 2.98. The molecule has 0 aromatic carbocycles. The molecule has 0 aliphatic heterocycles. The first-order chi connectivity index (χ1) is 8.15. The van der Waals surface area contributed by atoms with E-state index in [1.54, 1.807) is 6.20 Å². The molecule has 1 aliphatic carbocycles. The van der Waals surface area contributed by atoms with Crippen LogP contribution in [0.2, 0.25) is 0 Å². The lowest BCUT2D eigenvalue weighted by Gasteiger charge is -2.09. The summed E-state index contributed by atoms with van der Waals surface area (Å²) in [7, 11) is 0. The molecular formula is C13H19N3O. The molecule has 4 nitrogen and oxygen atoms in total. The maximum atomic E-state index is 10.9. The van der Waals surface area contributed by atoms with Crippen molar-refractivity contribution in [1.82, 2.24) is 4.98 Å². The molecule has 2 N–H and O–H groups in total. The van der Waals surface area contributed by atoms with Gasteiger partial charge in [0.2, 0.25) is 5.91 Å². The molecule has 17 heavy (non-hydrogen) atoms. The number of carbonyl (C=O) groups excluding carboxylic acids is 1. The van der Waals surface area contributed by atoms with Crippen LogP contribution in [0.3, 0.4) is 0 Å². The van der Waals surface area contributed by atoms with Gasteiger partial charge in [0.05, 0.1) is 11.9 Å². The molecule has 1 heterocycles. The smallest absolute Gasteiger partial charge is 0.221 e. The number of nitrogens with one attached hydrogen (secondary N) is 2. The maximum Gasteiger partial charge on any atom is 0.221 e. The van der Waals surface area contributed by atoms with Crippen molar-refractivity contribution in [1.29, 1.82) is 0 Å². The van der Waals surface area contributed by atoms with Crippen molar-refractivity contribution in [2.24, 2.45) is 5.92 Å². The van der Waals surface area contributed by atoms with E-state index in [1.807, 2.05) is 13.0 Å². The monoisotopic (exact) mass is 233 g/mol. The van der Waals surface area contributed by atoms with Gasteiger partial charge in [-0.2, -0.15) is 0 Å². The Morgan fingerprint density at radius 2 is 2.29 bits per heavy atom. The predicted molar refractivity (Wildman–Crippen MR) is 69.1 cm³/mol. The van der Waals surface area contributed by atoms with Crippen molar-refractivity contribution >= 4 is 17.4 Å². The van der Waals surface area contributed by atoms with Gasteiger partial charge in [-0.05, 0) is 30.9 Å². The molecule has 1 fully saturated rings. The van der Waals surface area contributed by atoms with Crippen LogP contribution in [0.25, 0.3) is 0 Å². The molecule has 0 radical (unpaired) electrons. The molecule has 1 saturated carbocycles. The van der Waals surface area contributed by atoms with E-state index in [-0.39, 0.29) is 5.91 Å². The van der Waals surface area contributed by atoms with Crippen molar-refractivity contribution in [3.8, 4) is 0 Å². The van der Waals surface area contributed by atoms with Gasteiger partial charge >= 0.3 is 0 Å². The van der Waals surface area contributed by atoms with Gasteiger partial charge in [-0.3, -0.25) is 4.79 Å². The molecule has 1 aromatic rings. The van der Waals surface area contributed by atoms with Gasteiger partial charge < -0.3 is 10.6 Å². The van der Waals surface area contributed by atoms with Gasteiger partial charge in [-0.15, -0.1) is 0 Å². The Bertz CT molecular complexity index is 413. The van der Waals surface area contributed by atoms with Gasteiger partial charge in [0.25, 0.3) is 0 Å². The molecule has 0 spiro atoms. The zero-order valence-electron chi connectivity index (χ0n) is 10.4. The molecule has 0 unspecified atom stereocenters. The quantitative estimate of drug-likeness (QED) is 0.821. The molecule has 4 heteroatoms. The van der Waals surface area contributed by atoms with Crippen LogP contribution < -0.4 is 10.6 Å². The number of hydrogen-bond acceptors (Lipinski definition) is 3. The molecule has 92 valence electrons. The number of hydrogen-bond donors (Lipinski definition) is 2. The Labute approximate surface area is 102 Å². The summed E-state index contributed by atoms with van der Waals surface area (Å²) in [6.07, 6.45) is 5.70. The lowest BCUT2D eigenvalue weighted by Crippen LogP contribution is -2.09. The minimum atomic E-state index is -0.0654. The van der Waals surface area contributed by atoms with E-state index in [2.05, 4.69) is 15.6 Å². The van der Waals surface area contributed by atoms with E-state index >= 15 is 0 Å². The number of nitrogens with zero attached hydrogens (tertiary/aromatic N) is 1. The van der Waals surface area contributed by atoms with Gasteiger partial charge in [0, 0.05) is 13.5 Å². The second-order valence-electron chi connectivity index (χ2n) is 4.72.